The number of nitrogens with zero attached hydrogens (tertiary/aromatic N) is 9. The quantitative estimate of drug-likeness (QED) is 0.116. The summed E-state index contributed by atoms with van der Waals surface area (Å²) in [4.78, 5) is 52.5. The van der Waals surface area contributed by atoms with Crippen molar-refractivity contribution < 1.29 is 19.1 Å². The van der Waals surface area contributed by atoms with Crippen LogP contribution in [0.25, 0.3) is 50.3 Å². The largest absolute Gasteiger partial charge is 0.494 e. The number of hydrogen-bond donors (Lipinski definition) is 3. The van der Waals surface area contributed by atoms with E-state index in [2.05, 4.69) is 70.9 Å². The minimum Gasteiger partial charge on any atom is -0.494 e. The van der Waals surface area contributed by atoms with Gasteiger partial charge in [0.1, 0.15) is 22.7 Å². The molecule has 0 radical (unpaired) electrons. The molecule has 13 rings (SSSR count). The number of rotatable bonds is 13. The molecule has 3 aliphatic carbocycles. The van der Waals surface area contributed by atoms with E-state index in [9.17, 15) is 9.59 Å². The number of methoxy groups -OCH3 is 1. The zero-order valence-electron chi connectivity index (χ0n) is 41.5. The fourth-order valence-corrected chi connectivity index (χ4v) is 12.5. The number of carbonyl (C=O) groups is 2. The number of hydrogen-bond acceptors (Lipinski definition) is 10. The zero-order chi connectivity index (χ0) is 48.3. The van der Waals surface area contributed by atoms with E-state index in [4.69, 9.17) is 24.4 Å². The predicted octanol–water partition coefficient (Wildman–Crippen LogP) is 6.55. The number of ether oxygens (including phenoxy) is 2. The summed E-state index contributed by atoms with van der Waals surface area (Å²) in [5, 5.41) is 11.6. The van der Waals surface area contributed by atoms with E-state index in [1.54, 1.807) is 7.11 Å². The molecule has 3 saturated carbocycles. The Kier molecular flexibility index (Phi) is 10.7. The summed E-state index contributed by atoms with van der Waals surface area (Å²) in [7, 11) is 7.58. The first kappa shape index (κ1) is 44.4. The lowest BCUT2D eigenvalue weighted by Gasteiger charge is -2.35. The lowest BCUT2D eigenvalue weighted by atomic mass is 9.92. The van der Waals surface area contributed by atoms with Crippen molar-refractivity contribution in [3.05, 3.63) is 83.2 Å². The molecular formula is C55H64N12O4. The maximum Gasteiger partial charge on any atom is 0.253 e. The number of benzene rings is 2. The van der Waals surface area contributed by atoms with Gasteiger partial charge in [0.2, 0.25) is 5.88 Å². The third-order valence-electron chi connectivity index (χ3n) is 17.1. The van der Waals surface area contributed by atoms with Gasteiger partial charge in [-0.1, -0.05) is 6.08 Å². The van der Waals surface area contributed by atoms with Crippen molar-refractivity contribution in [1.82, 2.24) is 54.4 Å². The second-order valence-electron chi connectivity index (χ2n) is 21.5. The number of fused-ring (bicyclic) bond motifs is 4. The van der Waals surface area contributed by atoms with Gasteiger partial charge in [-0.3, -0.25) is 14.6 Å². The summed E-state index contributed by atoms with van der Waals surface area (Å²) >= 11 is 0. The monoisotopic (exact) mass is 957 g/mol. The summed E-state index contributed by atoms with van der Waals surface area (Å²) in [6, 6.07) is 16.3. The highest BCUT2D eigenvalue weighted by atomic mass is 16.5. The number of amides is 2. The first-order valence-electron chi connectivity index (χ1n) is 25.9. The Labute approximate surface area is 413 Å². The molecule has 5 atom stereocenters. The van der Waals surface area contributed by atoms with Gasteiger partial charge in [-0.15, -0.1) is 0 Å². The van der Waals surface area contributed by atoms with Crippen LogP contribution in [0.1, 0.15) is 78.4 Å². The van der Waals surface area contributed by atoms with E-state index < -0.39 is 0 Å². The number of nitrogens with one attached hydrogen (secondary N) is 3. The van der Waals surface area contributed by atoms with Crippen molar-refractivity contribution in [2.24, 2.45) is 48.2 Å². The third-order valence-corrected chi connectivity index (χ3v) is 17.1. The van der Waals surface area contributed by atoms with E-state index in [1.807, 2.05) is 62.3 Å². The molecule has 16 heteroatoms. The van der Waals surface area contributed by atoms with Crippen molar-refractivity contribution in [1.29, 1.82) is 0 Å². The maximum absolute atomic E-state index is 14.2. The molecule has 8 heterocycles. The standard InChI is InChI=1S/C55H64N12O4/c1-6-33-21-43(66(49(33)56-2)26-31-7-8-31)52-60-40-20-37(23-45(70-5)48(40)64(52)4)53(68)61-46-25-57-30-55(46)24-38(55)29-71-47-14-12-35-22-44(67(50(35)62-47)27-32-9-10-32)51-59-39-19-36(11-13-42(39)63(51)3)54(69)65-18-16-34-15-17-58-41(34)28-65/h6,11-14,19-23,31-32,34,38,41,46,57-58H,7-10,15-18,24-30H2,1-5H3,(H,61,68)/b33-6-,56-49?/t34-,38?,41+,46-,55?/m0/s1. The molecule has 4 aromatic heterocycles. The van der Waals surface area contributed by atoms with Gasteiger partial charge in [0, 0.05) is 112 Å². The second-order valence-corrected chi connectivity index (χ2v) is 21.5. The Morgan fingerprint density at radius 3 is 2.55 bits per heavy atom. The van der Waals surface area contributed by atoms with Gasteiger partial charge in [0.05, 0.1) is 41.7 Å². The fraction of sp³-hybridized carbons (Fsp3) is 0.491. The van der Waals surface area contributed by atoms with Crippen LogP contribution in [0, 0.1) is 29.1 Å². The second kappa shape index (κ2) is 17.1. The van der Waals surface area contributed by atoms with Gasteiger partial charge in [-0.25, -0.2) is 9.97 Å². The maximum atomic E-state index is 14.2. The van der Waals surface area contributed by atoms with Crippen LogP contribution in [0.3, 0.4) is 0 Å². The average molecular weight is 957 g/mol. The highest BCUT2D eigenvalue weighted by Crippen LogP contribution is 2.56. The van der Waals surface area contributed by atoms with Crippen LogP contribution in [0.2, 0.25) is 0 Å². The summed E-state index contributed by atoms with van der Waals surface area (Å²) in [6.07, 6.45) is 12.3. The molecule has 2 aromatic carbocycles. The molecule has 3 saturated heterocycles. The molecule has 1 spiro atoms. The average Bonchev–Trinajstić information content (AvgIpc) is 4.29. The fourth-order valence-electron chi connectivity index (χ4n) is 12.5. The van der Waals surface area contributed by atoms with Gasteiger partial charge >= 0.3 is 0 Å². The normalized spacial score (nSPS) is 26.2. The Hall–Kier alpha value is -6.52. The number of amidine groups is 1. The molecular weight excluding hydrogens is 893 g/mol. The number of imidazole rings is 2. The van der Waals surface area contributed by atoms with E-state index >= 15 is 0 Å². The van der Waals surface area contributed by atoms with Crippen LogP contribution in [0.5, 0.6) is 11.6 Å². The predicted molar refractivity (Wildman–Crippen MR) is 275 cm³/mol. The van der Waals surface area contributed by atoms with Gasteiger partial charge < -0.3 is 48.9 Å². The molecule has 368 valence electrons. The van der Waals surface area contributed by atoms with E-state index in [-0.39, 0.29) is 29.2 Å². The van der Waals surface area contributed by atoms with E-state index in [0.29, 0.717) is 65.2 Å². The van der Waals surface area contributed by atoms with Crippen LogP contribution in [-0.2, 0) is 20.6 Å². The Morgan fingerprint density at radius 2 is 1.75 bits per heavy atom. The van der Waals surface area contributed by atoms with Gasteiger partial charge in [-0.2, -0.15) is 4.98 Å². The molecule has 4 aliphatic heterocycles. The lowest BCUT2D eigenvalue weighted by molar-refractivity contribution is 0.0669. The number of aryl methyl sites for hydroxylation is 2. The molecule has 6 aromatic rings. The number of aromatic nitrogens is 6. The molecule has 3 N–H and O–H groups in total. The Morgan fingerprint density at radius 1 is 0.930 bits per heavy atom. The van der Waals surface area contributed by atoms with Gasteiger partial charge in [0.25, 0.3) is 11.8 Å². The summed E-state index contributed by atoms with van der Waals surface area (Å²) < 4.78 is 19.0. The molecule has 2 unspecified atom stereocenters. The third kappa shape index (κ3) is 7.62. The Bertz CT molecular complexity index is 3260. The van der Waals surface area contributed by atoms with Crippen LogP contribution >= 0.6 is 0 Å². The highest BCUT2D eigenvalue weighted by Gasteiger charge is 2.61. The van der Waals surface area contributed by atoms with Crippen molar-refractivity contribution in [3.8, 4) is 23.1 Å². The number of likely N-dealkylation sites (tertiary alicyclic amines) is 1. The van der Waals surface area contributed by atoms with Crippen LogP contribution in [0.4, 0.5) is 0 Å². The summed E-state index contributed by atoms with van der Waals surface area (Å²) in [5.41, 5.74) is 8.47. The summed E-state index contributed by atoms with van der Waals surface area (Å²) in [5.74, 6) is 5.96. The van der Waals surface area contributed by atoms with Crippen molar-refractivity contribution in [2.75, 3.05) is 60.0 Å². The van der Waals surface area contributed by atoms with E-state index in [1.165, 1.54) is 32.1 Å². The molecule has 2 amide bonds. The molecule has 6 fully saturated rings. The first-order chi connectivity index (χ1) is 34.6. The van der Waals surface area contributed by atoms with Gasteiger partial charge in [-0.05, 0) is 125 Å². The van der Waals surface area contributed by atoms with Crippen molar-refractivity contribution in [3.63, 3.8) is 0 Å². The first-order valence-corrected chi connectivity index (χ1v) is 25.9. The number of pyridine rings is 1. The van der Waals surface area contributed by atoms with E-state index in [0.717, 1.165) is 114 Å². The molecule has 7 aliphatic rings. The van der Waals surface area contributed by atoms with Crippen molar-refractivity contribution in [2.45, 2.75) is 70.5 Å². The molecule has 71 heavy (non-hydrogen) atoms. The summed E-state index contributed by atoms with van der Waals surface area (Å²) in [6.45, 7) is 8.43. The number of carbonyl (C=O) groups excluding carboxylic acids is 2. The number of allylic oxidation sites excluding steroid dienone is 1. The smallest absolute Gasteiger partial charge is 0.253 e. The zero-order valence-corrected chi connectivity index (χ0v) is 41.5. The molecule has 16 nitrogen and oxygen atoms in total. The molecule has 0 bridgehead atoms. The number of piperidine rings is 1. The topological polar surface area (TPSA) is 161 Å². The van der Waals surface area contributed by atoms with Crippen LogP contribution in [0.15, 0.2) is 71.2 Å². The van der Waals surface area contributed by atoms with Gasteiger partial charge in [0.15, 0.2) is 11.6 Å². The SMILES string of the molecule is C/C=C1/C=C(c2nc3cc(C(=O)N[C@H]4CNCC45CC5COc4ccc5cc(-c6nc7cc(C(=O)N8CC[C@@H]9CCN[C@@H]9C8)ccc7n6C)n(CC6CC6)c5n4)cc(OC)c3n2C)N(CC2CC2)C1=NC. The van der Waals surface area contributed by atoms with Crippen molar-refractivity contribution >= 4 is 56.4 Å². The lowest BCUT2D eigenvalue weighted by Crippen LogP contribution is -2.48. The Balaban J connectivity index is 0.711. The minimum atomic E-state index is -0.143. The highest BCUT2D eigenvalue weighted by molar-refractivity contribution is 6.11. The minimum absolute atomic E-state index is 0.0618. The van der Waals surface area contributed by atoms with Crippen LogP contribution < -0.4 is 25.4 Å². The van der Waals surface area contributed by atoms with Crippen LogP contribution in [-0.4, -0.2) is 128 Å². The number of aliphatic imine (C=N–C) groups is 1.